The van der Waals surface area contributed by atoms with Crippen LogP contribution in [0.3, 0.4) is 0 Å². The van der Waals surface area contributed by atoms with Crippen molar-refractivity contribution >= 4 is 43.1 Å². The molecule has 0 amide bonds. The molecule has 2 rings (SSSR count). The van der Waals surface area contributed by atoms with Gasteiger partial charge in [-0.2, -0.15) is 5.10 Å². The van der Waals surface area contributed by atoms with Crippen molar-refractivity contribution in [2.24, 2.45) is 0 Å². The number of halogens is 1. The molecule has 2 aromatic heterocycles. The van der Waals surface area contributed by atoms with E-state index in [0.29, 0.717) is 10.3 Å². The van der Waals surface area contributed by atoms with Gasteiger partial charge in [-0.3, -0.25) is 9.82 Å². The quantitative estimate of drug-likeness (QED) is 0.901. The summed E-state index contributed by atoms with van der Waals surface area (Å²) in [6.07, 6.45) is 0.775. The van der Waals surface area contributed by atoms with Crippen LogP contribution >= 0.6 is 27.3 Å². The van der Waals surface area contributed by atoms with Gasteiger partial charge in [0.05, 0.1) is 0 Å². The summed E-state index contributed by atoms with van der Waals surface area (Å²) < 4.78 is 27.2. The third-order valence-electron chi connectivity index (χ3n) is 2.08. The van der Waals surface area contributed by atoms with Gasteiger partial charge >= 0.3 is 0 Å². The van der Waals surface area contributed by atoms with E-state index in [1.54, 1.807) is 17.5 Å². The molecule has 0 radical (unpaired) electrons. The monoisotopic (exact) mass is 335 g/mol. The number of thiophene rings is 1. The first kappa shape index (κ1) is 12.6. The van der Waals surface area contributed by atoms with Crippen molar-refractivity contribution in [1.82, 2.24) is 10.2 Å². The minimum absolute atomic E-state index is 0.249. The van der Waals surface area contributed by atoms with Crippen LogP contribution in [0.2, 0.25) is 0 Å². The minimum atomic E-state index is -3.56. The maximum absolute atomic E-state index is 12.0. The first-order chi connectivity index (χ1) is 8.03. The van der Waals surface area contributed by atoms with Crippen LogP contribution in [-0.2, 0) is 16.4 Å². The number of rotatable bonds is 4. The van der Waals surface area contributed by atoms with Crippen molar-refractivity contribution in [1.29, 1.82) is 0 Å². The zero-order valence-corrected chi connectivity index (χ0v) is 12.1. The second kappa shape index (κ2) is 4.79. The Morgan fingerprint density at radius 1 is 1.59 bits per heavy atom. The normalized spacial score (nSPS) is 11.6. The van der Waals surface area contributed by atoms with Crippen molar-refractivity contribution < 1.29 is 8.42 Å². The average molecular weight is 336 g/mol. The molecule has 0 unspecified atom stereocenters. The van der Waals surface area contributed by atoms with Gasteiger partial charge in [0, 0.05) is 16.2 Å². The summed E-state index contributed by atoms with van der Waals surface area (Å²) in [5.74, 6) is 0.308. The van der Waals surface area contributed by atoms with Crippen LogP contribution in [0, 0.1) is 0 Å². The number of nitrogens with one attached hydrogen (secondary N) is 2. The van der Waals surface area contributed by atoms with Crippen LogP contribution in [-0.4, -0.2) is 18.6 Å². The molecule has 8 heteroatoms. The molecule has 0 aliphatic heterocycles. The van der Waals surface area contributed by atoms with E-state index in [9.17, 15) is 8.42 Å². The summed E-state index contributed by atoms with van der Waals surface area (Å²) in [5, 5.41) is 8.35. The molecule has 0 aliphatic rings. The largest absolute Gasteiger partial charge is 0.280 e. The number of aryl methyl sites for hydroxylation is 1. The smallest absolute Gasteiger partial charge is 0.273 e. The van der Waals surface area contributed by atoms with E-state index in [4.69, 9.17) is 0 Å². The summed E-state index contributed by atoms with van der Waals surface area (Å²) in [6, 6.07) is 3.38. The van der Waals surface area contributed by atoms with Gasteiger partial charge in [-0.1, -0.05) is 6.92 Å². The SMILES string of the molecule is CCc1cc(NS(=O)(=O)c2sccc2Br)n[nH]1. The molecule has 0 aromatic carbocycles. The van der Waals surface area contributed by atoms with Crippen LogP contribution in [0.4, 0.5) is 5.82 Å². The van der Waals surface area contributed by atoms with E-state index in [2.05, 4.69) is 30.8 Å². The molecule has 92 valence electrons. The number of hydrogen-bond donors (Lipinski definition) is 2. The highest BCUT2D eigenvalue weighted by Gasteiger charge is 2.20. The van der Waals surface area contributed by atoms with Crippen molar-refractivity contribution in [3.63, 3.8) is 0 Å². The molecule has 2 heterocycles. The zero-order valence-electron chi connectivity index (χ0n) is 8.90. The Morgan fingerprint density at radius 2 is 2.35 bits per heavy atom. The van der Waals surface area contributed by atoms with Crippen LogP contribution < -0.4 is 4.72 Å². The van der Waals surface area contributed by atoms with Gasteiger partial charge in [0.15, 0.2) is 10.0 Å². The lowest BCUT2D eigenvalue weighted by molar-refractivity contribution is 0.602. The first-order valence-electron chi connectivity index (χ1n) is 4.83. The number of anilines is 1. The molecule has 0 saturated heterocycles. The van der Waals surface area contributed by atoms with E-state index >= 15 is 0 Å². The van der Waals surface area contributed by atoms with Gasteiger partial charge in [-0.15, -0.1) is 11.3 Å². The highest BCUT2D eigenvalue weighted by atomic mass is 79.9. The number of aromatic nitrogens is 2. The van der Waals surface area contributed by atoms with Crippen LogP contribution in [0.5, 0.6) is 0 Å². The Bertz CT molecular complexity index is 618. The third-order valence-corrected chi connectivity index (χ3v) is 6.10. The Hall–Kier alpha value is -0.860. The van der Waals surface area contributed by atoms with Crippen LogP contribution in [0.25, 0.3) is 0 Å². The van der Waals surface area contributed by atoms with Gasteiger partial charge in [0.1, 0.15) is 0 Å². The number of sulfonamides is 1. The number of H-pyrrole nitrogens is 1. The molecule has 5 nitrogen and oxygen atoms in total. The van der Waals surface area contributed by atoms with Crippen molar-refractivity contribution in [2.75, 3.05) is 4.72 Å². The molecular formula is C9H10BrN3O2S2. The fraction of sp³-hybridized carbons (Fsp3) is 0.222. The standard InChI is InChI=1S/C9H10BrN3O2S2/c1-2-6-5-8(12-11-6)13-17(14,15)9-7(10)3-4-16-9/h3-5H,2H2,1H3,(H2,11,12,13). The number of aromatic amines is 1. The molecule has 2 N–H and O–H groups in total. The maximum atomic E-state index is 12.0. The Kier molecular flexibility index (Phi) is 3.55. The molecule has 0 spiro atoms. The lowest BCUT2D eigenvalue weighted by atomic mass is 10.3. The molecule has 0 atom stereocenters. The van der Waals surface area contributed by atoms with Crippen LogP contribution in [0.1, 0.15) is 12.6 Å². The minimum Gasteiger partial charge on any atom is -0.280 e. The summed E-state index contributed by atoms with van der Waals surface area (Å²) >= 11 is 4.35. The van der Waals surface area contributed by atoms with Crippen LogP contribution in [0.15, 0.2) is 26.2 Å². The molecule has 2 aromatic rings. The van der Waals surface area contributed by atoms with Gasteiger partial charge in [0.2, 0.25) is 0 Å². The second-order valence-corrected chi connectivity index (χ2v) is 6.94. The zero-order chi connectivity index (χ0) is 12.5. The van der Waals surface area contributed by atoms with Gasteiger partial charge in [0.25, 0.3) is 10.0 Å². The third kappa shape index (κ3) is 2.70. The molecule has 17 heavy (non-hydrogen) atoms. The summed E-state index contributed by atoms with van der Waals surface area (Å²) in [6.45, 7) is 1.96. The molecule has 0 bridgehead atoms. The number of hydrogen-bond acceptors (Lipinski definition) is 4. The predicted octanol–water partition coefficient (Wildman–Crippen LogP) is 2.60. The number of nitrogens with zero attached hydrogens (tertiary/aromatic N) is 1. The highest BCUT2D eigenvalue weighted by Crippen LogP contribution is 2.28. The highest BCUT2D eigenvalue weighted by molar-refractivity contribution is 9.10. The van der Waals surface area contributed by atoms with Gasteiger partial charge in [-0.05, 0) is 33.8 Å². The topological polar surface area (TPSA) is 74.8 Å². The van der Waals surface area contributed by atoms with E-state index in [1.807, 2.05) is 6.92 Å². The fourth-order valence-corrected chi connectivity index (χ4v) is 4.58. The molecule has 0 fully saturated rings. The van der Waals surface area contributed by atoms with Crippen molar-refractivity contribution in [3.05, 3.63) is 27.7 Å². The molecule has 0 saturated carbocycles. The summed E-state index contributed by atoms with van der Waals surface area (Å²) in [7, 11) is -3.56. The Morgan fingerprint density at radius 3 is 2.88 bits per heavy atom. The van der Waals surface area contributed by atoms with Gasteiger partial charge < -0.3 is 0 Å². The fourth-order valence-electron chi connectivity index (χ4n) is 1.25. The second-order valence-electron chi connectivity index (χ2n) is 3.29. The Balaban J connectivity index is 2.26. The average Bonchev–Trinajstić information content (AvgIpc) is 2.86. The van der Waals surface area contributed by atoms with Gasteiger partial charge in [-0.25, -0.2) is 8.42 Å². The maximum Gasteiger partial charge on any atom is 0.273 e. The van der Waals surface area contributed by atoms with Crippen molar-refractivity contribution in [2.45, 2.75) is 17.6 Å². The lowest BCUT2D eigenvalue weighted by Crippen LogP contribution is -2.12. The van der Waals surface area contributed by atoms with E-state index < -0.39 is 10.0 Å². The van der Waals surface area contributed by atoms with E-state index in [1.165, 1.54) is 0 Å². The summed E-state index contributed by atoms with van der Waals surface area (Å²) in [4.78, 5) is 0. The predicted molar refractivity (Wildman–Crippen MR) is 70.8 cm³/mol. The Labute approximate surface area is 111 Å². The molecular weight excluding hydrogens is 326 g/mol. The van der Waals surface area contributed by atoms with E-state index in [-0.39, 0.29) is 4.21 Å². The van der Waals surface area contributed by atoms with Crippen molar-refractivity contribution in [3.8, 4) is 0 Å². The lowest BCUT2D eigenvalue weighted by Gasteiger charge is -2.02. The van der Waals surface area contributed by atoms with E-state index in [0.717, 1.165) is 23.5 Å². The molecule has 0 aliphatic carbocycles. The first-order valence-corrected chi connectivity index (χ1v) is 7.98. The summed E-state index contributed by atoms with van der Waals surface area (Å²) in [5.41, 5.74) is 0.882.